The van der Waals surface area contributed by atoms with E-state index in [4.69, 9.17) is 0 Å². The second-order valence-corrected chi connectivity index (χ2v) is 4.90. The number of rotatable bonds is 1. The Bertz CT molecular complexity index is 373. The van der Waals surface area contributed by atoms with E-state index in [1.165, 1.54) is 0 Å². The van der Waals surface area contributed by atoms with Crippen molar-refractivity contribution in [1.82, 2.24) is 0 Å². The number of carbonyl (C=O) groups is 3. The molecule has 5 unspecified atom stereocenters. The van der Waals surface area contributed by atoms with Crippen LogP contribution in [0.2, 0.25) is 0 Å². The first-order chi connectivity index (χ1) is 7.09. The van der Waals surface area contributed by atoms with Crippen LogP contribution in [0.5, 0.6) is 0 Å². The van der Waals surface area contributed by atoms with Crippen LogP contribution < -0.4 is 0 Å². The fourth-order valence-electron chi connectivity index (χ4n) is 3.72. The fourth-order valence-corrected chi connectivity index (χ4v) is 3.72. The number of ketones is 1. The molecule has 3 fully saturated rings. The Labute approximate surface area is 87.0 Å². The molecule has 4 nitrogen and oxygen atoms in total. The summed E-state index contributed by atoms with van der Waals surface area (Å²) in [6, 6.07) is 0. The Balaban J connectivity index is 1.95. The van der Waals surface area contributed by atoms with Gasteiger partial charge in [-0.3, -0.25) is 14.4 Å². The maximum Gasteiger partial charge on any atom is 0.317 e. The molecule has 2 bridgehead atoms. The normalized spacial score (nSPS) is 46.9. The average molecular weight is 208 g/mol. The molecular weight excluding hydrogens is 196 g/mol. The van der Waals surface area contributed by atoms with Crippen LogP contribution in [0.3, 0.4) is 0 Å². The van der Waals surface area contributed by atoms with Crippen LogP contribution in [0.1, 0.15) is 19.8 Å². The quantitative estimate of drug-likeness (QED) is 0.466. The van der Waals surface area contributed by atoms with E-state index in [2.05, 4.69) is 4.74 Å². The Hall–Kier alpha value is -1.19. The Morgan fingerprint density at radius 2 is 1.87 bits per heavy atom. The second kappa shape index (κ2) is 2.68. The first kappa shape index (κ1) is 9.07. The van der Waals surface area contributed by atoms with Gasteiger partial charge in [-0.05, 0) is 31.6 Å². The van der Waals surface area contributed by atoms with Crippen molar-refractivity contribution in [2.75, 3.05) is 0 Å². The van der Waals surface area contributed by atoms with Crippen LogP contribution in [0.4, 0.5) is 0 Å². The molecule has 4 heteroatoms. The first-order valence-corrected chi connectivity index (χ1v) is 5.35. The minimum atomic E-state index is -0.400. The zero-order valence-electron chi connectivity index (χ0n) is 8.43. The predicted molar refractivity (Wildman–Crippen MR) is 48.5 cm³/mol. The van der Waals surface area contributed by atoms with Crippen LogP contribution >= 0.6 is 0 Å². The average Bonchev–Trinajstić information content (AvgIpc) is 2.77. The standard InChI is InChI=1S/C11H12O4/c1-4(12)6-2-5-3-7(6)9-8(5)10(13)15-11(9)14/h5-9H,2-3H2,1H3. The summed E-state index contributed by atoms with van der Waals surface area (Å²) in [6.07, 6.45) is 1.62. The molecule has 0 amide bonds. The third kappa shape index (κ3) is 0.994. The zero-order valence-corrected chi connectivity index (χ0v) is 8.43. The lowest BCUT2D eigenvalue weighted by Gasteiger charge is -2.25. The lowest BCUT2D eigenvalue weighted by Crippen LogP contribution is -2.33. The molecule has 0 aromatic heterocycles. The van der Waals surface area contributed by atoms with Crippen molar-refractivity contribution in [1.29, 1.82) is 0 Å². The highest BCUT2D eigenvalue weighted by Gasteiger charge is 2.63. The molecule has 0 radical (unpaired) electrons. The van der Waals surface area contributed by atoms with Crippen molar-refractivity contribution < 1.29 is 19.1 Å². The van der Waals surface area contributed by atoms with E-state index in [1.807, 2.05) is 0 Å². The minimum absolute atomic E-state index is 0.0188. The van der Waals surface area contributed by atoms with E-state index in [9.17, 15) is 14.4 Å². The summed E-state index contributed by atoms with van der Waals surface area (Å²) in [5.41, 5.74) is 0. The van der Waals surface area contributed by atoms with E-state index in [0.717, 1.165) is 12.8 Å². The van der Waals surface area contributed by atoms with Gasteiger partial charge in [0.1, 0.15) is 5.78 Å². The van der Waals surface area contributed by atoms with Gasteiger partial charge in [-0.15, -0.1) is 0 Å². The van der Waals surface area contributed by atoms with Crippen LogP contribution in [0.15, 0.2) is 0 Å². The largest absolute Gasteiger partial charge is 0.393 e. The number of Topliss-reactive ketones (excluding diaryl/α,β-unsaturated/α-hetero) is 1. The smallest absolute Gasteiger partial charge is 0.317 e. The number of hydrogen-bond donors (Lipinski definition) is 0. The van der Waals surface area contributed by atoms with Gasteiger partial charge in [0.05, 0.1) is 11.8 Å². The maximum absolute atomic E-state index is 11.5. The van der Waals surface area contributed by atoms with Crippen molar-refractivity contribution in [3.05, 3.63) is 0 Å². The number of hydrogen-bond acceptors (Lipinski definition) is 4. The highest BCUT2D eigenvalue weighted by molar-refractivity contribution is 5.98. The molecule has 2 saturated carbocycles. The Kier molecular flexibility index (Phi) is 1.62. The van der Waals surface area contributed by atoms with Crippen LogP contribution in [-0.2, 0) is 19.1 Å². The molecule has 1 aliphatic heterocycles. The molecule has 2 aliphatic carbocycles. The Morgan fingerprint density at radius 3 is 2.53 bits per heavy atom. The van der Waals surface area contributed by atoms with Gasteiger partial charge in [0.25, 0.3) is 0 Å². The van der Waals surface area contributed by atoms with Gasteiger partial charge in [-0.2, -0.15) is 0 Å². The molecule has 5 atom stereocenters. The fraction of sp³-hybridized carbons (Fsp3) is 0.727. The summed E-state index contributed by atoms with van der Waals surface area (Å²) in [4.78, 5) is 34.2. The van der Waals surface area contributed by atoms with E-state index < -0.39 is 5.97 Å². The molecule has 0 aromatic rings. The van der Waals surface area contributed by atoms with Crippen molar-refractivity contribution in [3.8, 4) is 0 Å². The monoisotopic (exact) mass is 208 g/mol. The molecule has 0 N–H and O–H groups in total. The van der Waals surface area contributed by atoms with Gasteiger partial charge >= 0.3 is 11.9 Å². The number of ether oxygens (including phenoxy) is 1. The summed E-state index contributed by atoms with van der Waals surface area (Å²) in [5.74, 6) is -0.918. The lowest BCUT2D eigenvalue weighted by atomic mass is 9.74. The lowest BCUT2D eigenvalue weighted by molar-refractivity contribution is -0.154. The van der Waals surface area contributed by atoms with Crippen LogP contribution in [0.25, 0.3) is 0 Å². The third-order valence-electron chi connectivity index (χ3n) is 4.27. The molecule has 15 heavy (non-hydrogen) atoms. The van der Waals surface area contributed by atoms with Gasteiger partial charge in [-0.25, -0.2) is 0 Å². The second-order valence-electron chi connectivity index (χ2n) is 4.90. The summed E-state index contributed by atoms with van der Waals surface area (Å²) >= 11 is 0. The van der Waals surface area contributed by atoms with Crippen LogP contribution in [0, 0.1) is 29.6 Å². The van der Waals surface area contributed by atoms with Crippen molar-refractivity contribution in [2.24, 2.45) is 29.6 Å². The number of fused-ring (bicyclic) bond motifs is 5. The van der Waals surface area contributed by atoms with Gasteiger partial charge in [0.2, 0.25) is 0 Å². The number of esters is 2. The van der Waals surface area contributed by atoms with Gasteiger partial charge in [0.15, 0.2) is 0 Å². The van der Waals surface area contributed by atoms with Crippen molar-refractivity contribution in [3.63, 3.8) is 0 Å². The predicted octanol–water partition coefficient (Wildman–Crippen LogP) is 0.547. The van der Waals surface area contributed by atoms with Gasteiger partial charge in [0, 0.05) is 5.92 Å². The van der Waals surface area contributed by atoms with Crippen molar-refractivity contribution in [2.45, 2.75) is 19.8 Å². The van der Waals surface area contributed by atoms with E-state index in [0.29, 0.717) is 0 Å². The molecule has 3 rings (SSSR count). The highest BCUT2D eigenvalue weighted by atomic mass is 16.6. The first-order valence-electron chi connectivity index (χ1n) is 5.35. The molecule has 80 valence electrons. The van der Waals surface area contributed by atoms with Crippen molar-refractivity contribution >= 4 is 17.7 Å². The van der Waals surface area contributed by atoms with Crippen LogP contribution in [-0.4, -0.2) is 17.7 Å². The van der Waals surface area contributed by atoms with E-state index in [1.54, 1.807) is 6.92 Å². The van der Waals surface area contributed by atoms with E-state index >= 15 is 0 Å². The Morgan fingerprint density at radius 1 is 1.20 bits per heavy atom. The molecule has 1 heterocycles. The minimum Gasteiger partial charge on any atom is -0.393 e. The zero-order chi connectivity index (χ0) is 10.7. The number of cyclic esters (lactones) is 2. The summed E-state index contributed by atoms with van der Waals surface area (Å²) in [6.45, 7) is 1.57. The van der Waals surface area contributed by atoms with Gasteiger partial charge < -0.3 is 4.74 Å². The highest BCUT2D eigenvalue weighted by Crippen LogP contribution is 2.58. The SMILES string of the molecule is CC(=O)C1CC2CC1C1C(=O)OC(=O)C21. The molecule has 1 saturated heterocycles. The van der Waals surface area contributed by atoms with E-state index in [-0.39, 0.29) is 41.3 Å². The summed E-state index contributed by atoms with van der Waals surface area (Å²) in [7, 11) is 0. The molecular formula is C11H12O4. The summed E-state index contributed by atoms with van der Waals surface area (Å²) in [5, 5.41) is 0. The topological polar surface area (TPSA) is 60.4 Å². The van der Waals surface area contributed by atoms with Gasteiger partial charge in [-0.1, -0.05) is 0 Å². The number of carbonyl (C=O) groups excluding carboxylic acids is 3. The summed E-state index contributed by atoms with van der Waals surface area (Å²) < 4.78 is 4.65. The maximum atomic E-state index is 11.5. The third-order valence-corrected chi connectivity index (χ3v) is 4.27. The molecule has 0 aromatic carbocycles. The molecule has 0 spiro atoms. The molecule has 3 aliphatic rings.